The van der Waals surface area contributed by atoms with Gasteiger partial charge in [0, 0.05) is 12.4 Å². The van der Waals surface area contributed by atoms with Crippen LogP contribution in [0.4, 0.5) is 5.82 Å². The zero-order chi connectivity index (χ0) is 11.7. The van der Waals surface area contributed by atoms with E-state index in [0.29, 0.717) is 16.9 Å². The van der Waals surface area contributed by atoms with Crippen molar-refractivity contribution in [2.45, 2.75) is 11.0 Å². The van der Waals surface area contributed by atoms with E-state index in [-0.39, 0.29) is 0 Å². The Balaban J connectivity index is 1.85. The Kier molecular flexibility index (Phi) is 2.69. The number of nitrogens with two attached hydrogens (primary N) is 1. The molecule has 3 aromatic rings. The molecular formula is C10H9N5S2. The van der Waals surface area contributed by atoms with E-state index in [2.05, 4.69) is 15.1 Å². The minimum atomic E-state index is 0.541. The zero-order valence-electron chi connectivity index (χ0n) is 8.78. The molecule has 86 valence electrons. The topological polar surface area (TPSA) is 69.6 Å². The van der Waals surface area contributed by atoms with Crippen LogP contribution in [0.3, 0.4) is 0 Å². The lowest BCUT2D eigenvalue weighted by molar-refractivity contribution is 0.748. The molecule has 0 atom stereocenters. The van der Waals surface area contributed by atoms with Crippen LogP contribution in [-0.2, 0) is 5.88 Å². The van der Waals surface area contributed by atoms with Crippen LogP contribution in [0, 0.1) is 0 Å². The molecule has 7 heteroatoms. The van der Waals surface area contributed by atoms with Gasteiger partial charge in [0.2, 0.25) is 0 Å². The highest BCUT2D eigenvalue weighted by Gasteiger charge is 2.06. The summed E-state index contributed by atoms with van der Waals surface area (Å²) in [5.74, 6) is 1.22. The van der Waals surface area contributed by atoms with Crippen molar-refractivity contribution < 1.29 is 0 Å². The Morgan fingerprint density at radius 1 is 1.41 bits per heavy atom. The Labute approximate surface area is 106 Å². The highest BCUT2D eigenvalue weighted by atomic mass is 32.2. The van der Waals surface area contributed by atoms with Crippen molar-refractivity contribution in [1.29, 1.82) is 0 Å². The smallest absolute Gasteiger partial charge is 0.192 e. The van der Waals surface area contributed by atoms with Crippen molar-refractivity contribution in [3.8, 4) is 0 Å². The summed E-state index contributed by atoms with van der Waals surface area (Å²) in [6.45, 7) is 0. The summed E-state index contributed by atoms with van der Waals surface area (Å²) in [6.07, 6.45) is 3.65. The molecule has 2 N–H and O–H groups in total. The maximum absolute atomic E-state index is 5.87. The van der Waals surface area contributed by atoms with E-state index in [0.717, 1.165) is 10.2 Å². The molecule has 3 heterocycles. The molecule has 0 saturated carbocycles. The number of rotatable bonds is 3. The summed E-state index contributed by atoms with van der Waals surface area (Å²) in [5, 5.41) is 7.70. The molecule has 0 aliphatic heterocycles. The van der Waals surface area contributed by atoms with Gasteiger partial charge in [-0.1, -0.05) is 11.8 Å². The molecule has 0 aliphatic rings. The van der Waals surface area contributed by atoms with E-state index in [4.69, 9.17) is 5.73 Å². The van der Waals surface area contributed by atoms with E-state index in [1.165, 1.54) is 11.8 Å². The van der Waals surface area contributed by atoms with Gasteiger partial charge in [-0.15, -0.1) is 11.3 Å². The van der Waals surface area contributed by atoms with Crippen LogP contribution >= 0.6 is 23.1 Å². The fraction of sp³-hybridized carbons (Fsp3) is 0.100. The van der Waals surface area contributed by atoms with Gasteiger partial charge in [-0.3, -0.25) is 4.68 Å². The van der Waals surface area contributed by atoms with Gasteiger partial charge in [0.05, 0.1) is 11.3 Å². The monoisotopic (exact) mass is 263 g/mol. The van der Waals surface area contributed by atoms with Crippen LogP contribution in [-0.4, -0.2) is 19.7 Å². The second-order valence-electron chi connectivity index (χ2n) is 3.35. The minimum Gasteiger partial charge on any atom is -0.383 e. The van der Waals surface area contributed by atoms with Gasteiger partial charge in [0.25, 0.3) is 0 Å². The second kappa shape index (κ2) is 4.34. The average molecular weight is 263 g/mol. The average Bonchev–Trinajstić information content (AvgIpc) is 2.97. The van der Waals surface area contributed by atoms with Crippen LogP contribution < -0.4 is 5.73 Å². The van der Waals surface area contributed by atoms with E-state index in [1.807, 2.05) is 28.4 Å². The second-order valence-corrected chi connectivity index (χ2v) is 5.16. The molecule has 0 radical (unpaired) electrons. The lowest BCUT2D eigenvalue weighted by Gasteiger charge is -2.02. The van der Waals surface area contributed by atoms with Crippen LogP contribution in [0.2, 0.25) is 0 Å². The summed E-state index contributed by atoms with van der Waals surface area (Å²) < 4.78 is 1.82. The van der Waals surface area contributed by atoms with Crippen molar-refractivity contribution >= 4 is 39.1 Å². The number of hydrogen-bond donors (Lipinski definition) is 1. The van der Waals surface area contributed by atoms with Gasteiger partial charge in [-0.2, -0.15) is 5.10 Å². The van der Waals surface area contributed by atoms with Gasteiger partial charge in [0.1, 0.15) is 10.6 Å². The number of thiophene rings is 1. The van der Waals surface area contributed by atoms with Crippen molar-refractivity contribution in [3.63, 3.8) is 0 Å². The predicted molar refractivity (Wildman–Crippen MR) is 69.9 cm³/mol. The van der Waals surface area contributed by atoms with Crippen LogP contribution in [0.25, 0.3) is 10.2 Å². The molecule has 0 bridgehead atoms. The van der Waals surface area contributed by atoms with Gasteiger partial charge < -0.3 is 5.73 Å². The molecule has 0 aliphatic carbocycles. The summed E-state index contributed by atoms with van der Waals surface area (Å²) in [6, 6.07) is 3.83. The largest absolute Gasteiger partial charge is 0.383 e. The first kappa shape index (κ1) is 10.5. The third-order valence-corrected chi connectivity index (χ3v) is 3.86. The Bertz CT molecular complexity index is 631. The fourth-order valence-electron chi connectivity index (χ4n) is 1.42. The summed E-state index contributed by atoms with van der Waals surface area (Å²) in [4.78, 5) is 9.64. The maximum Gasteiger partial charge on any atom is 0.192 e. The first-order valence-electron chi connectivity index (χ1n) is 4.94. The molecule has 17 heavy (non-hydrogen) atoms. The number of fused-ring (bicyclic) bond motifs is 1. The van der Waals surface area contributed by atoms with Gasteiger partial charge in [-0.25, -0.2) is 9.97 Å². The van der Waals surface area contributed by atoms with E-state index >= 15 is 0 Å². The quantitative estimate of drug-likeness (QED) is 0.579. The molecule has 0 amide bonds. The lowest BCUT2D eigenvalue weighted by atomic mass is 10.4. The highest BCUT2D eigenvalue weighted by Crippen LogP contribution is 2.26. The number of nitrogen functional groups attached to an aromatic ring is 1. The van der Waals surface area contributed by atoms with Crippen LogP contribution in [0.5, 0.6) is 0 Å². The zero-order valence-corrected chi connectivity index (χ0v) is 10.4. The third-order valence-electron chi connectivity index (χ3n) is 2.22. The van der Waals surface area contributed by atoms with Crippen molar-refractivity contribution in [1.82, 2.24) is 19.7 Å². The summed E-state index contributed by atoms with van der Waals surface area (Å²) in [5.41, 5.74) is 5.87. The number of thioether (sulfide) groups is 1. The van der Waals surface area contributed by atoms with Crippen molar-refractivity contribution in [2.75, 3.05) is 5.73 Å². The Hall–Kier alpha value is -1.60. The van der Waals surface area contributed by atoms with E-state index in [1.54, 1.807) is 17.5 Å². The standard InChI is InChI=1S/C10H9N5S2/c11-8-7-2-5-16-9(7)14-10(13-8)17-6-15-4-1-3-12-15/h1-5H,6H2,(H2,11,13,14). The van der Waals surface area contributed by atoms with Crippen LogP contribution in [0.15, 0.2) is 35.1 Å². The predicted octanol–water partition coefficient (Wildman–Crippen LogP) is 2.22. The number of nitrogens with zero attached hydrogens (tertiary/aromatic N) is 4. The van der Waals surface area contributed by atoms with E-state index in [9.17, 15) is 0 Å². The summed E-state index contributed by atoms with van der Waals surface area (Å²) >= 11 is 3.09. The molecule has 0 saturated heterocycles. The highest BCUT2D eigenvalue weighted by molar-refractivity contribution is 7.98. The molecule has 3 rings (SSSR count). The third kappa shape index (κ3) is 2.11. The van der Waals surface area contributed by atoms with Gasteiger partial charge in [-0.05, 0) is 17.5 Å². The SMILES string of the molecule is Nc1nc(SCn2cccn2)nc2sccc12. The molecule has 0 fully saturated rings. The Morgan fingerprint density at radius 2 is 2.35 bits per heavy atom. The van der Waals surface area contributed by atoms with E-state index < -0.39 is 0 Å². The van der Waals surface area contributed by atoms with Crippen molar-refractivity contribution in [3.05, 3.63) is 29.9 Å². The number of aromatic nitrogens is 4. The molecule has 0 aromatic carbocycles. The molecule has 3 aromatic heterocycles. The molecule has 5 nitrogen and oxygen atoms in total. The van der Waals surface area contributed by atoms with Gasteiger partial charge >= 0.3 is 0 Å². The first-order valence-corrected chi connectivity index (χ1v) is 6.80. The first-order chi connectivity index (χ1) is 8.33. The molecule has 0 unspecified atom stereocenters. The Morgan fingerprint density at radius 3 is 3.18 bits per heavy atom. The summed E-state index contributed by atoms with van der Waals surface area (Å²) in [7, 11) is 0. The number of hydrogen-bond acceptors (Lipinski definition) is 6. The van der Waals surface area contributed by atoms with Gasteiger partial charge in [0.15, 0.2) is 5.16 Å². The number of anilines is 1. The fourth-order valence-corrected chi connectivity index (χ4v) is 2.97. The maximum atomic E-state index is 5.87. The normalized spacial score (nSPS) is 11.1. The van der Waals surface area contributed by atoms with Crippen molar-refractivity contribution in [2.24, 2.45) is 0 Å². The molecule has 0 spiro atoms. The minimum absolute atomic E-state index is 0.541. The molecular weight excluding hydrogens is 254 g/mol. The lowest BCUT2D eigenvalue weighted by Crippen LogP contribution is -1.98. The van der Waals surface area contributed by atoms with Crippen LogP contribution in [0.1, 0.15) is 0 Å².